The van der Waals surface area contributed by atoms with Gasteiger partial charge in [-0.1, -0.05) is 28.1 Å². The van der Waals surface area contributed by atoms with Crippen molar-refractivity contribution in [3.8, 4) is 0 Å². The van der Waals surface area contributed by atoms with Gasteiger partial charge < -0.3 is 0 Å². The quantitative estimate of drug-likeness (QED) is 0.597. The Morgan fingerprint density at radius 1 is 1.11 bits per heavy atom. The minimum Gasteiger partial charge on any atom is -0.287 e. The lowest BCUT2D eigenvalue weighted by Gasteiger charge is -1.99. The van der Waals surface area contributed by atoms with Crippen molar-refractivity contribution in [2.45, 2.75) is 13.5 Å². The van der Waals surface area contributed by atoms with Gasteiger partial charge in [-0.2, -0.15) is 4.57 Å². The molecule has 18 heavy (non-hydrogen) atoms. The van der Waals surface area contributed by atoms with Gasteiger partial charge >= 0.3 is 0 Å². The highest BCUT2D eigenvalue weighted by molar-refractivity contribution is 9.10. The van der Waals surface area contributed by atoms with E-state index in [0.717, 1.165) is 10.0 Å². The molecular weight excluding hydrogens is 358 g/mol. The molecule has 1 aromatic carbocycles. The molecule has 0 unspecified atom stereocenters. The summed E-state index contributed by atoms with van der Waals surface area (Å²) < 4.78 is 2.87. The number of carbonyl (C=O) groups is 1. The van der Waals surface area contributed by atoms with Gasteiger partial charge in [0.2, 0.25) is 12.3 Å². The number of ketones is 1. The van der Waals surface area contributed by atoms with Crippen LogP contribution in [0.3, 0.4) is 0 Å². The number of rotatable bonds is 3. The maximum atomic E-state index is 12.0. The smallest absolute Gasteiger partial charge is 0.227 e. The van der Waals surface area contributed by atoms with Crippen molar-refractivity contribution in [1.29, 1.82) is 0 Å². The molecular formula is C14H14Br2NO+. The predicted molar refractivity (Wildman–Crippen MR) is 80.2 cm³/mol. The van der Waals surface area contributed by atoms with Crippen LogP contribution in [0.4, 0.5) is 0 Å². The normalized spacial score (nSPS) is 9.67. The molecule has 0 fully saturated rings. The Kier molecular flexibility index (Phi) is 5.69. The fraction of sp³-hybridized carbons (Fsp3) is 0.143. The molecule has 0 N–H and O–H groups in total. The SMILES string of the molecule is Br.Cc1cc[n+](CC(=O)c2ccc(Br)cc2)cc1. The average Bonchev–Trinajstić information content (AvgIpc) is 2.33. The lowest BCUT2D eigenvalue weighted by Crippen LogP contribution is -2.37. The number of hydrogen-bond donors (Lipinski definition) is 0. The van der Waals surface area contributed by atoms with Crippen LogP contribution in [-0.2, 0) is 6.54 Å². The summed E-state index contributed by atoms with van der Waals surface area (Å²) in [6.45, 7) is 2.41. The molecule has 1 heterocycles. The topological polar surface area (TPSA) is 20.9 Å². The van der Waals surface area contributed by atoms with Crippen LogP contribution in [0, 0.1) is 6.92 Å². The van der Waals surface area contributed by atoms with Crippen LogP contribution in [0.25, 0.3) is 0 Å². The van der Waals surface area contributed by atoms with Gasteiger partial charge in [-0.05, 0) is 24.6 Å². The number of benzene rings is 1. The van der Waals surface area contributed by atoms with Gasteiger partial charge in [0.15, 0.2) is 12.4 Å². The summed E-state index contributed by atoms with van der Waals surface area (Å²) in [5.74, 6) is 0.117. The zero-order valence-electron chi connectivity index (χ0n) is 9.97. The largest absolute Gasteiger partial charge is 0.287 e. The molecule has 0 aliphatic carbocycles. The summed E-state index contributed by atoms with van der Waals surface area (Å²) in [5.41, 5.74) is 1.93. The van der Waals surface area contributed by atoms with Gasteiger partial charge in [-0.25, -0.2) is 0 Å². The third-order valence-corrected chi connectivity index (χ3v) is 3.08. The molecule has 2 nitrogen and oxygen atoms in total. The second-order valence-corrected chi connectivity index (χ2v) is 4.89. The van der Waals surface area contributed by atoms with Crippen LogP contribution in [0.2, 0.25) is 0 Å². The third-order valence-electron chi connectivity index (χ3n) is 2.55. The van der Waals surface area contributed by atoms with E-state index in [1.165, 1.54) is 5.56 Å². The Bertz CT molecular complexity index is 520. The maximum absolute atomic E-state index is 12.0. The first kappa shape index (κ1) is 15.1. The Labute approximate surface area is 126 Å². The third kappa shape index (κ3) is 4.03. The van der Waals surface area contributed by atoms with Crippen molar-refractivity contribution in [2.24, 2.45) is 0 Å². The van der Waals surface area contributed by atoms with Crippen molar-refractivity contribution in [3.05, 3.63) is 64.4 Å². The van der Waals surface area contributed by atoms with E-state index >= 15 is 0 Å². The van der Waals surface area contributed by atoms with Crippen LogP contribution < -0.4 is 4.57 Å². The molecule has 94 valence electrons. The minimum atomic E-state index is 0. The van der Waals surface area contributed by atoms with Gasteiger partial charge in [0.25, 0.3) is 0 Å². The van der Waals surface area contributed by atoms with Gasteiger partial charge in [0.1, 0.15) is 0 Å². The molecule has 0 saturated heterocycles. The Morgan fingerprint density at radius 3 is 2.22 bits per heavy atom. The fourth-order valence-corrected chi connectivity index (χ4v) is 1.79. The van der Waals surface area contributed by atoms with Crippen molar-refractivity contribution >= 4 is 38.7 Å². The molecule has 0 atom stereocenters. The first-order valence-corrected chi connectivity index (χ1v) is 6.19. The lowest BCUT2D eigenvalue weighted by molar-refractivity contribution is -0.683. The van der Waals surface area contributed by atoms with Gasteiger partial charge in [-0.3, -0.25) is 4.79 Å². The molecule has 0 aliphatic rings. The van der Waals surface area contributed by atoms with E-state index in [-0.39, 0.29) is 22.8 Å². The molecule has 0 saturated carbocycles. The standard InChI is InChI=1S/C14H13BrNO.BrH/c1-11-6-8-16(9-7-11)10-14(17)12-2-4-13(15)5-3-12;/h2-9H,10H2,1H3;1H/q+1;. The highest BCUT2D eigenvalue weighted by Crippen LogP contribution is 2.10. The summed E-state index contributed by atoms with van der Waals surface area (Å²) in [6.07, 6.45) is 3.85. The van der Waals surface area contributed by atoms with Crippen molar-refractivity contribution in [3.63, 3.8) is 0 Å². The molecule has 0 spiro atoms. The highest BCUT2D eigenvalue weighted by atomic mass is 79.9. The van der Waals surface area contributed by atoms with E-state index in [9.17, 15) is 4.79 Å². The van der Waals surface area contributed by atoms with Crippen LogP contribution >= 0.6 is 32.9 Å². The summed E-state index contributed by atoms with van der Waals surface area (Å²) in [7, 11) is 0. The predicted octanol–water partition coefficient (Wildman–Crippen LogP) is 3.51. The zero-order chi connectivity index (χ0) is 12.3. The number of nitrogens with zero attached hydrogens (tertiary/aromatic N) is 1. The van der Waals surface area contributed by atoms with E-state index in [0.29, 0.717) is 6.54 Å². The number of Topliss-reactive ketones (excluding diaryl/α,β-unsaturated/α-hetero) is 1. The van der Waals surface area contributed by atoms with Crippen molar-refractivity contribution in [2.75, 3.05) is 0 Å². The number of pyridine rings is 1. The van der Waals surface area contributed by atoms with Crippen LogP contribution in [0.5, 0.6) is 0 Å². The summed E-state index contributed by atoms with van der Waals surface area (Å²) >= 11 is 3.35. The monoisotopic (exact) mass is 370 g/mol. The zero-order valence-corrected chi connectivity index (χ0v) is 13.3. The van der Waals surface area contributed by atoms with E-state index in [4.69, 9.17) is 0 Å². The number of halogens is 2. The number of aryl methyl sites for hydroxylation is 1. The minimum absolute atomic E-state index is 0. The summed E-state index contributed by atoms with van der Waals surface area (Å²) in [6, 6.07) is 11.4. The fourth-order valence-electron chi connectivity index (χ4n) is 1.53. The molecule has 0 aliphatic heterocycles. The first-order chi connectivity index (χ1) is 8.15. The summed E-state index contributed by atoms with van der Waals surface area (Å²) in [4.78, 5) is 12.0. The Balaban J connectivity index is 0.00000162. The maximum Gasteiger partial charge on any atom is 0.227 e. The molecule has 4 heteroatoms. The number of aromatic nitrogens is 1. The first-order valence-electron chi connectivity index (χ1n) is 5.39. The molecule has 2 aromatic rings. The van der Waals surface area contributed by atoms with Gasteiger partial charge in [-0.15, -0.1) is 17.0 Å². The van der Waals surface area contributed by atoms with Crippen LogP contribution in [0.15, 0.2) is 53.3 Å². The van der Waals surface area contributed by atoms with Gasteiger partial charge in [0, 0.05) is 22.2 Å². The van der Waals surface area contributed by atoms with Crippen LogP contribution in [0.1, 0.15) is 15.9 Å². The van der Waals surface area contributed by atoms with E-state index in [1.807, 2.05) is 60.3 Å². The second kappa shape index (κ2) is 6.81. The molecule has 0 bridgehead atoms. The van der Waals surface area contributed by atoms with Crippen LogP contribution in [-0.4, -0.2) is 5.78 Å². The Hall–Kier alpha value is -1.00. The number of carbonyl (C=O) groups excluding carboxylic acids is 1. The lowest BCUT2D eigenvalue weighted by atomic mass is 10.1. The molecule has 0 amide bonds. The van der Waals surface area contributed by atoms with E-state index in [2.05, 4.69) is 15.9 Å². The Morgan fingerprint density at radius 2 is 1.67 bits per heavy atom. The van der Waals surface area contributed by atoms with Crippen molar-refractivity contribution < 1.29 is 9.36 Å². The molecule has 2 rings (SSSR count). The second-order valence-electron chi connectivity index (χ2n) is 3.98. The average molecular weight is 372 g/mol. The number of hydrogen-bond acceptors (Lipinski definition) is 1. The molecule has 0 radical (unpaired) electrons. The van der Waals surface area contributed by atoms with Crippen molar-refractivity contribution in [1.82, 2.24) is 0 Å². The van der Waals surface area contributed by atoms with Gasteiger partial charge in [0.05, 0.1) is 0 Å². The van der Waals surface area contributed by atoms with E-state index in [1.54, 1.807) is 0 Å². The van der Waals surface area contributed by atoms with E-state index < -0.39 is 0 Å². The highest BCUT2D eigenvalue weighted by Gasteiger charge is 2.11. The molecule has 1 aromatic heterocycles. The summed E-state index contributed by atoms with van der Waals surface area (Å²) in [5, 5.41) is 0.